The molecule has 0 amide bonds. The Morgan fingerprint density at radius 2 is 1.95 bits per heavy atom. The Morgan fingerprint density at radius 1 is 1.30 bits per heavy atom. The van der Waals surface area contributed by atoms with E-state index in [-0.39, 0.29) is 11.3 Å². The lowest BCUT2D eigenvalue weighted by molar-refractivity contribution is -0.137. The highest BCUT2D eigenvalue weighted by molar-refractivity contribution is 6.22. The average Bonchev–Trinajstić information content (AvgIpc) is 2.46. The lowest BCUT2D eigenvalue weighted by Gasteiger charge is -2.02. The van der Waals surface area contributed by atoms with Gasteiger partial charge in [-0.15, -0.1) is 0 Å². The van der Waals surface area contributed by atoms with Crippen LogP contribution in [-0.2, 0) is 14.3 Å². The third kappa shape index (κ3) is 4.61. The number of hydrogen-bond donors (Lipinski definition) is 2. The lowest BCUT2D eigenvalue weighted by atomic mass is 10.1. The summed E-state index contributed by atoms with van der Waals surface area (Å²) >= 11 is 0. The van der Waals surface area contributed by atoms with Crippen molar-refractivity contribution in [2.24, 2.45) is 0 Å². The number of rotatable bonds is 6. The monoisotopic (exact) mass is 275 g/mol. The van der Waals surface area contributed by atoms with Gasteiger partial charge in [-0.1, -0.05) is 18.2 Å². The van der Waals surface area contributed by atoms with Crippen LogP contribution in [0, 0.1) is 0 Å². The second kappa shape index (κ2) is 7.78. The second-order valence-corrected chi connectivity index (χ2v) is 3.90. The molecule has 0 aromatic heterocycles. The van der Waals surface area contributed by atoms with Crippen LogP contribution in [0.2, 0.25) is 0 Å². The Balaban J connectivity index is 2.85. The van der Waals surface area contributed by atoms with Crippen LogP contribution >= 0.6 is 0 Å². The van der Waals surface area contributed by atoms with Gasteiger partial charge in [0.2, 0.25) is 0 Å². The van der Waals surface area contributed by atoms with Gasteiger partial charge in [0.15, 0.2) is 5.78 Å². The highest BCUT2D eigenvalue weighted by Gasteiger charge is 2.16. The summed E-state index contributed by atoms with van der Waals surface area (Å²) in [5.41, 5.74) is 0.674. The van der Waals surface area contributed by atoms with Crippen molar-refractivity contribution in [2.45, 2.75) is 6.92 Å². The molecule has 1 aromatic carbocycles. The van der Waals surface area contributed by atoms with E-state index in [4.69, 9.17) is 5.11 Å². The summed E-state index contributed by atoms with van der Waals surface area (Å²) in [7, 11) is 1.22. The molecule has 0 atom stereocenters. The van der Waals surface area contributed by atoms with Crippen LogP contribution in [-0.4, -0.2) is 30.5 Å². The number of ether oxygens (including phenoxy) is 1. The third-order valence-electron chi connectivity index (χ3n) is 2.44. The molecule has 1 rings (SSSR count). The van der Waals surface area contributed by atoms with E-state index in [0.29, 0.717) is 6.54 Å². The zero-order valence-electron chi connectivity index (χ0n) is 11.4. The zero-order valence-corrected chi connectivity index (χ0v) is 11.4. The van der Waals surface area contributed by atoms with Gasteiger partial charge in [0, 0.05) is 12.7 Å². The van der Waals surface area contributed by atoms with E-state index in [9.17, 15) is 9.59 Å². The number of aromatic hydroxyl groups is 1. The number of carbonyl (C=O) groups excluding carboxylic acids is 2. The minimum atomic E-state index is -0.689. The van der Waals surface area contributed by atoms with Crippen molar-refractivity contribution in [2.75, 3.05) is 13.7 Å². The molecule has 5 nitrogen and oxygen atoms in total. The van der Waals surface area contributed by atoms with Crippen molar-refractivity contribution in [3.05, 3.63) is 47.7 Å². The molecule has 0 heterocycles. The molecule has 0 aliphatic heterocycles. The Morgan fingerprint density at radius 3 is 2.50 bits per heavy atom. The van der Waals surface area contributed by atoms with Gasteiger partial charge in [-0.05, 0) is 30.7 Å². The molecule has 0 aliphatic carbocycles. The summed E-state index contributed by atoms with van der Waals surface area (Å²) in [5, 5.41) is 12.0. The fourth-order valence-electron chi connectivity index (χ4n) is 1.39. The van der Waals surface area contributed by atoms with Crippen molar-refractivity contribution in [1.29, 1.82) is 0 Å². The number of carbonyl (C=O) groups is 2. The van der Waals surface area contributed by atoms with Gasteiger partial charge >= 0.3 is 5.97 Å². The van der Waals surface area contributed by atoms with Crippen LogP contribution in [0.15, 0.2) is 42.1 Å². The van der Waals surface area contributed by atoms with Crippen LogP contribution in [0.5, 0.6) is 5.75 Å². The van der Waals surface area contributed by atoms with E-state index >= 15 is 0 Å². The van der Waals surface area contributed by atoms with Gasteiger partial charge in [0.05, 0.1) is 7.11 Å². The van der Waals surface area contributed by atoms with E-state index in [2.05, 4.69) is 10.1 Å². The second-order valence-electron chi connectivity index (χ2n) is 3.90. The summed E-state index contributed by atoms with van der Waals surface area (Å²) in [6, 6.07) is 6.34. The fraction of sp³-hybridized carbons (Fsp3) is 0.200. The first-order valence-electron chi connectivity index (χ1n) is 6.11. The van der Waals surface area contributed by atoms with Crippen LogP contribution < -0.4 is 5.32 Å². The normalized spacial score (nSPS) is 11.4. The first-order chi connectivity index (χ1) is 9.58. The first-order valence-corrected chi connectivity index (χ1v) is 6.11. The largest absolute Gasteiger partial charge is 0.508 e. The van der Waals surface area contributed by atoms with Gasteiger partial charge in [0.1, 0.15) is 11.3 Å². The molecule has 0 unspecified atom stereocenters. The maximum Gasteiger partial charge on any atom is 0.343 e. The predicted molar refractivity (Wildman–Crippen MR) is 75.9 cm³/mol. The first kappa shape index (κ1) is 15.5. The standard InChI is InChI=1S/C15H17NO4/c1-3-16-10-13(15(19)20-2)14(18)9-6-11-4-7-12(17)8-5-11/h4-10,16-17H,3H2,1-2H3. The minimum absolute atomic E-state index is 0.0654. The molecule has 5 heteroatoms. The van der Waals surface area contributed by atoms with Crippen LogP contribution in [0.4, 0.5) is 0 Å². The van der Waals surface area contributed by atoms with Crippen molar-refractivity contribution in [3.63, 3.8) is 0 Å². The number of methoxy groups -OCH3 is 1. The maximum atomic E-state index is 11.9. The summed E-state index contributed by atoms with van der Waals surface area (Å²) in [6.07, 6.45) is 4.19. The van der Waals surface area contributed by atoms with E-state index in [1.807, 2.05) is 6.92 Å². The number of hydrogen-bond acceptors (Lipinski definition) is 5. The molecule has 0 radical (unpaired) electrons. The van der Waals surface area contributed by atoms with Crippen molar-refractivity contribution >= 4 is 17.8 Å². The molecular formula is C15H17NO4. The maximum absolute atomic E-state index is 11.9. The zero-order chi connectivity index (χ0) is 15.0. The molecule has 20 heavy (non-hydrogen) atoms. The highest BCUT2D eigenvalue weighted by Crippen LogP contribution is 2.11. The van der Waals surface area contributed by atoms with Gasteiger partial charge in [-0.25, -0.2) is 4.79 Å². The molecular weight excluding hydrogens is 258 g/mol. The number of phenols is 1. The summed E-state index contributed by atoms with van der Waals surface area (Å²) < 4.78 is 4.56. The quantitative estimate of drug-likeness (QED) is 0.357. The van der Waals surface area contributed by atoms with E-state index in [0.717, 1.165) is 5.56 Å². The number of allylic oxidation sites excluding steroid dienone is 1. The topological polar surface area (TPSA) is 75.6 Å². The Labute approximate surface area is 117 Å². The third-order valence-corrected chi connectivity index (χ3v) is 2.44. The molecule has 0 fully saturated rings. The summed E-state index contributed by atoms with van der Waals surface area (Å²) in [4.78, 5) is 23.4. The van der Waals surface area contributed by atoms with Crippen LogP contribution in [0.1, 0.15) is 12.5 Å². The van der Waals surface area contributed by atoms with E-state index < -0.39 is 11.8 Å². The van der Waals surface area contributed by atoms with Crippen molar-refractivity contribution in [3.8, 4) is 5.75 Å². The number of benzene rings is 1. The number of phenolic OH excluding ortho intramolecular Hbond substituents is 1. The van der Waals surface area contributed by atoms with Gasteiger partial charge in [-0.2, -0.15) is 0 Å². The SMILES string of the molecule is CCNC=C(C(=O)C=Cc1ccc(O)cc1)C(=O)OC. The van der Waals surface area contributed by atoms with Crippen LogP contribution in [0.25, 0.3) is 6.08 Å². The Kier molecular flexibility index (Phi) is 6.03. The summed E-state index contributed by atoms with van der Waals surface area (Å²) in [5.74, 6) is -0.993. The highest BCUT2D eigenvalue weighted by atomic mass is 16.5. The molecule has 0 aliphatic rings. The van der Waals surface area contributed by atoms with Crippen molar-refractivity contribution in [1.82, 2.24) is 5.32 Å². The molecule has 0 bridgehead atoms. The Hall–Kier alpha value is -2.56. The lowest BCUT2D eigenvalue weighted by Crippen LogP contribution is -2.17. The molecule has 0 saturated carbocycles. The van der Waals surface area contributed by atoms with Crippen molar-refractivity contribution < 1.29 is 19.4 Å². The molecule has 0 spiro atoms. The molecule has 0 saturated heterocycles. The molecule has 2 N–H and O–H groups in total. The molecule has 106 valence electrons. The van der Waals surface area contributed by atoms with E-state index in [1.54, 1.807) is 18.2 Å². The number of nitrogens with one attached hydrogen (secondary N) is 1. The molecule has 1 aromatic rings. The van der Waals surface area contributed by atoms with Crippen LogP contribution in [0.3, 0.4) is 0 Å². The average molecular weight is 275 g/mol. The Bertz CT molecular complexity index is 529. The number of esters is 1. The van der Waals surface area contributed by atoms with Gasteiger partial charge < -0.3 is 15.2 Å². The predicted octanol–water partition coefficient (Wildman–Crippen LogP) is 1.64. The summed E-state index contributed by atoms with van der Waals surface area (Å²) in [6.45, 7) is 2.44. The number of ketones is 1. The smallest absolute Gasteiger partial charge is 0.343 e. The van der Waals surface area contributed by atoms with Gasteiger partial charge in [0.25, 0.3) is 0 Å². The van der Waals surface area contributed by atoms with E-state index in [1.165, 1.54) is 31.5 Å². The minimum Gasteiger partial charge on any atom is -0.508 e. The van der Waals surface area contributed by atoms with Gasteiger partial charge in [-0.3, -0.25) is 4.79 Å². The fourth-order valence-corrected chi connectivity index (χ4v) is 1.39.